The first kappa shape index (κ1) is 28.7. The van der Waals surface area contributed by atoms with Gasteiger partial charge in [-0.05, 0) is 88.0 Å². The molecule has 0 fully saturated rings. The Bertz CT molecular complexity index is 2760. The number of nitrogens with zero attached hydrogens (tertiary/aromatic N) is 4. The standard InChI is InChI=1S/C44H24B2N4O2/c47-25-27-19-21-36-41-43(27)50(30-13-5-2-6-14-30)35-17-9-7-15-31(35)45(41)33-23-34-40(24-37(33)49(36)29-11-3-1-4-12-29)51-39-22-20-28(26-48)44-42(39)46(34)32-16-8-10-18-38(32)52-44/h1-24H. The Kier molecular flexibility index (Phi) is 5.88. The molecule has 8 heteroatoms. The van der Waals surface area contributed by atoms with E-state index in [9.17, 15) is 10.5 Å². The topological polar surface area (TPSA) is 72.5 Å². The molecule has 0 spiro atoms. The SMILES string of the molecule is N#Cc1ccc2c3c1Oc1ccccc1B3c1cc3c(cc1O2)N(c1ccccc1)c1ccc(C#N)c2c1B3c1ccccc1N2c1ccccc1. The second-order valence-corrected chi connectivity index (χ2v) is 13.4. The number of nitriles is 2. The molecule has 0 saturated heterocycles. The lowest BCUT2D eigenvalue weighted by Crippen LogP contribution is -2.64. The normalized spacial score (nSPS) is 13.5. The number of fused-ring (bicyclic) bond motifs is 8. The van der Waals surface area contributed by atoms with Crippen LogP contribution in [0.1, 0.15) is 11.1 Å². The highest BCUT2D eigenvalue weighted by atomic mass is 16.5. The molecule has 0 bridgehead atoms. The molecule has 0 N–H and O–H groups in total. The summed E-state index contributed by atoms with van der Waals surface area (Å²) in [5.41, 5.74) is 13.3. The number of ether oxygens (including phenoxy) is 2. The Morgan fingerprint density at radius 3 is 1.87 bits per heavy atom. The Hall–Kier alpha value is -7.15. The van der Waals surface area contributed by atoms with Crippen molar-refractivity contribution < 1.29 is 9.47 Å². The van der Waals surface area contributed by atoms with Crippen molar-refractivity contribution in [3.63, 3.8) is 0 Å². The fourth-order valence-corrected chi connectivity index (χ4v) is 8.78. The van der Waals surface area contributed by atoms with Crippen LogP contribution in [0.4, 0.5) is 34.1 Å². The van der Waals surface area contributed by atoms with Crippen molar-refractivity contribution in [3.8, 4) is 35.1 Å². The summed E-state index contributed by atoms with van der Waals surface area (Å²) < 4.78 is 13.2. The largest absolute Gasteiger partial charge is 0.458 e. The predicted molar refractivity (Wildman–Crippen MR) is 208 cm³/mol. The zero-order chi connectivity index (χ0) is 34.5. The van der Waals surface area contributed by atoms with Crippen LogP contribution in [0.3, 0.4) is 0 Å². The zero-order valence-electron chi connectivity index (χ0n) is 27.6. The van der Waals surface area contributed by atoms with Crippen molar-refractivity contribution in [2.75, 3.05) is 9.80 Å². The summed E-state index contributed by atoms with van der Waals surface area (Å²) in [5.74, 6) is 2.73. The lowest BCUT2D eigenvalue weighted by atomic mass is 9.30. The van der Waals surface area contributed by atoms with E-state index in [-0.39, 0.29) is 13.4 Å². The summed E-state index contributed by atoms with van der Waals surface area (Å²) in [4.78, 5) is 4.56. The van der Waals surface area contributed by atoms with E-state index < -0.39 is 0 Å². The highest BCUT2D eigenvalue weighted by molar-refractivity contribution is 7.02. The molecule has 0 atom stereocenters. The van der Waals surface area contributed by atoms with E-state index in [1.54, 1.807) is 6.07 Å². The summed E-state index contributed by atoms with van der Waals surface area (Å²) in [6, 6.07) is 54.4. The van der Waals surface area contributed by atoms with Crippen LogP contribution in [-0.2, 0) is 0 Å². The average Bonchev–Trinajstić information content (AvgIpc) is 3.20. The highest BCUT2D eigenvalue weighted by Crippen LogP contribution is 2.46. The van der Waals surface area contributed by atoms with Crippen LogP contribution in [0, 0.1) is 22.7 Å². The number of para-hydroxylation sites is 4. The lowest BCUT2D eigenvalue weighted by molar-refractivity contribution is 0.463. The molecule has 11 rings (SSSR count). The van der Waals surface area contributed by atoms with Gasteiger partial charge < -0.3 is 19.3 Å². The fourth-order valence-electron chi connectivity index (χ4n) is 8.78. The van der Waals surface area contributed by atoms with Gasteiger partial charge in [0.1, 0.15) is 35.1 Å². The molecule has 52 heavy (non-hydrogen) atoms. The molecule has 0 unspecified atom stereocenters. The first-order valence-corrected chi connectivity index (χ1v) is 17.3. The molecule has 7 aromatic rings. The Balaban J connectivity index is 1.25. The second-order valence-electron chi connectivity index (χ2n) is 13.4. The van der Waals surface area contributed by atoms with Gasteiger partial charge in [0.25, 0.3) is 13.4 Å². The van der Waals surface area contributed by atoms with Crippen LogP contribution >= 0.6 is 0 Å². The van der Waals surface area contributed by atoms with Crippen molar-refractivity contribution in [2.45, 2.75) is 0 Å². The number of anilines is 6. The second kappa shape index (κ2) is 10.7. The van der Waals surface area contributed by atoms with Gasteiger partial charge in [-0.25, -0.2) is 0 Å². The number of hydrogen-bond donors (Lipinski definition) is 0. The van der Waals surface area contributed by atoms with E-state index in [1.807, 2.05) is 54.6 Å². The third-order valence-corrected chi connectivity index (χ3v) is 10.8. The van der Waals surface area contributed by atoms with Crippen molar-refractivity contribution in [3.05, 3.63) is 157 Å². The maximum absolute atomic E-state index is 10.7. The molecule has 4 aliphatic rings. The summed E-state index contributed by atoms with van der Waals surface area (Å²) in [6.45, 7) is -0.399. The maximum Gasteiger partial charge on any atom is 0.260 e. The first-order chi connectivity index (χ1) is 25.7. The van der Waals surface area contributed by atoms with E-state index in [1.165, 1.54) is 0 Å². The summed E-state index contributed by atoms with van der Waals surface area (Å²) in [7, 11) is 0. The summed E-state index contributed by atoms with van der Waals surface area (Å²) >= 11 is 0. The van der Waals surface area contributed by atoms with Crippen LogP contribution < -0.4 is 52.1 Å². The summed E-state index contributed by atoms with van der Waals surface area (Å²) in [6.07, 6.45) is 0. The van der Waals surface area contributed by atoms with E-state index in [2.05, 4.69) is 107 Å². The van der Waals surface area contributed by atoms with Crippen LogP contribution in [0.25, 0.3) is 0 Å². The average molecular weight is 662 g/mol. The third kappa shape index (κ3) is 3.78. The van der Waals surface area contributed by atoms with Gasteiger partial charge in [-0.1, -0.05) is 78.9 Å². The molecule has 7 aromatic carbocycles. The predicted octanol–water partition coefficient (Wildman–Crippen LogP) is 6.24. The molecular formula is C44H24B2N4O2. The molecule has 6 nitrogen and oxygen atoms in total. The van der Waals surface area contributed by atoms with Gasteiger partial charge in [-0.15, -0.1) is 0 Å². The van der Waals surface area contributed by atoms with Gasteiger partial charge in [0.05, 0.1) is 16.8 Å². The Labute approximate surface area is 301 Å². The monoisotopic (exact) mass is 662 g/mol. The minimum atomic E-state index is -0.214. The van der Waals surface area contributed by atoms with E-state index in [0.717, 1.165) is 78.4 Å². The van der Waals surface area contributed by atoms with Gasteiger partial charge in [0.15, 0.2) is 0 Å². The highest BCUT2D eigenvalue weighted by Gasteiger charge is 2.47. The van der Waals surface area contributed by atoms with E-state index in [0.29, 0.717) is 22.6 Å². The molecule has 0 saturated carbocycles. The smallest absolute Gasteiger partial charge is 0.260 e. The number of rotatable bonds is 2. The number of hydrogen-bond acceptors (Lipinski definition) is 6. The quantitative estimate of drug-likeness (QED) is 0.204. The molecule has 0 radical (unpaired) electrons. The minimum Gasteiger partial charge on any atom is -0.458 e. The molecule has 238 valence electrons. The van der Waals surface area contributed by atoms with Gasteiger partial charge in [-0.2, -0.15) is 10.5 Å². The van der Waals surface area contributed by atoms with E-state index in [4.69, 9.17) is 9.47 Å². The minimum absolute atomic E-state index is 0.184. The molecule has 0 amide bonds. The van der Waals surface area contributed by atoms with Crippen LogP contribution in [0.5, 0.6) is 23.0 Å². The molecule has 0 aromatic heterocycles. The van der Waals surface area contributed by atoms with E-state index >= 15 is 0 Å². The molecular weight excluding hydrogens is 638 g/mol. The maximum atomic E-state index is 10.7. The van der Waals surface area contributed by atoms with Crippen LogP contribution in [0.15, 0.2) is 146 Å². The van der Waals surface area contributed by atoms with Crippen molar-refractivity contribution >= 4 is 80.3 Å². The molecule has 4 aliphatic heterocycles. The van der Waals surface area contributed by atoms with Gasteiger partial charge in [-0.3, -0.25) is 0 Å². The molecule has 0 aliphatic carbocycles. The fraction of sp³-hybridized carbons (Fsp3) is 0. The Morgan fingerprint density at radius 2 is 1.10 bits per heavy atom. The zero-order valence-corrected chi connectivity index (χ0v) is 27.6. The van der Waals surface area contributed by atoms with Gasteiger partial charge in [0, 0.05) is 40.0 Å². The van der Waals surface area contributed by atoms with Crippen molar-refractivity contribution in [1.82, 2.24) is 0 Å². The third-order valence-electron chi connectivity index (χ3n) is 10.8. The van der Waals surface area contributed by atoms with Crippen LogP contribution in [-0.4, -0.2) is 13.4 Å². The Morgan fingerprint density at radius 1 is 0.442 bits per heavy atom. The first-order valence-electron chi connectivity index (χ1n) is 17.3. The molecule has 4 heterocycles. The van der Waals surface area contributed by atoms with Gasteiger partial charge in [0.2, 0.25) is 0 Å². The number of benzene rings is 7. The van der Waals surface area contributed by atoms with Crippen LogP contribution in [0.2, 0.25) is 0 Å². The van der Waals surface area contributed by atoms with Gasteiger partial charge >= 0.3 is 0 Å². The van der Waals surface area contributed by atoms with Crippen molar-refractivity contribution in [1.29, 1.82) is 10.5 Å². The summed E-state index contributed by atoms with van der Waals surface area (Å²) in [5, 5.41) is 20.8. The lowest BCUT2D eigenvalue weighted by Gasteiger charge is -2.45. The van der Waals surface area contributed by atoms with Crippen molar-refractivity contribution in [2.24, 2.45) is 0 Å².